The standard InChI is InChI=1S/C12H17BrN2O2/c13-12-14-9(6-7-10(16)17)11(15-12)8-4-2-1-3-5-8/h8H,1-7H2,(H,14,15)(H,16,17). The van der Waals surface area contributed by atoms with Crippen LogP contribution in [-0.4, -0.2) is 21.0 Å². The van der Waals surface area contributed by atoms with E-state index in [0.29, 0.717) is 12.3 Å². The number of hydrogen-bond donors (Lipinski definition) is 2. The SMILES string of the molecule is O=C(O)CCc1[nH]c(Br)nc1C1CCCCC1. The number of carbonyl (C=O) groups is 1. The number of aryl methyl sites for hydroxylation is 1. The number of aromatic nitrogens is 2. The van der Waals surface area contributed by atoms with Crippen LogP contribution >= 0.6 is 15.9 Å². The molecule has 1 aromatic heterocycles. The van der Waals surface area contributed by atoms with E-state index in [4.69, 9.17) is 5.11 Å². The minimum Gasteiger partial charge on any atom is -0.481 e. The van der Waals surface area contributed by atoms with E-state index in [1.165, 1.54) is 32.1 Å². The van der Waals surface area contributed by atoms with Gasteiger partial charge in [0.2, 0.25) is 0 Å². The summed E-state index contributed by atoms with van der Waals surface area (Å²) in [6.07, 6.45) is 6.89. The highest BCUT2D eigenvalue weighted by Crippen LogP contribution is 2.34. The summed E-state index contributed by atoms with van der Waals surface area (Å²) in [5, 5.41) is 8.74. The molecule has 1 aromatic rings. The van der Waals surface area contributed by atoms with Crippen molar-refractivity contribution in [3.8, 4) is 0 Å². The van der Waals surface area contributed by atoms with E-state index >= 15 is 0 Å². The van der Waals surface area contributed by atoms with Crippen molar-refractivity contribution in [3.05, 3.63) is 16.1 Å². The number of rotatable bonds is 4. The first kappa shape index (κ1) is 12.6. The molecular formula is C12H17BrN2O2. The third kappa shape index (κ3) is 3.31. The van der Waals surface area contributed by atoms with Gasteiger partial charge in [0.05, 0.1) is 12.1 Å². The minimum absolute atomic E-state index is 0.161. The molecular weight excluding hydrogens is 284 g/mol. The summed E-state index contributed by atoms with van der Waals surface area (Å²) < 4.78 is 0.721. The van der Waals surface area contributed by atoms with Crippen molar-refractivity contribution in [2.75, 3.05) is 0 Å². The Morgan fingerprint density at radius 3 is 2.76 bits per heavy atom. The van der Waals surface area contributed by atoms with Crippen LogP contribution < -0.4 is 0 Å². The molecule has 1 heterocycles. The molecule has 0 atom stereocenters. The average Bonchev–Trinajstić information content (AvgIpc) is 2.69. The van der Waals surface area contributed by atoms with Crippen LogP contribution in [0, 0.1) is 0 Å². The van der Waals surface area contributed by atoms with E-state index in [2.05, 4.69) is 25.9 Å². The quantitative estimate of drug-likeness (QED) is 0.897. The van der Waals surface area contributed by atoms with Gasteiger partial charge in [-0.05, 0) is 35.2 Å². The van der Waals surface area contributed by atoms with E-state index in [9.17, 15) is 4.79 Å². The van der Waals surface area contributed by atoms with Gasteiger partial charge in [0.15, 0.2) is 4.73 Å². The molecule has 0 saturated heterocycles. The van der Waals surface area contributed by atoms with Crippen molar-refractivity contribution in [1.29, 1.82) is 0 Å². The Balaban J connectivity index is 2.11. The third-order valence-corrected chi connectivity index (χ3v) is 3.74. The topological polar surface area (TPSA) is 66.0 Å². The number of aromatic amines is 1. The van der Waals surface area contributed by atoms with Crippen LogP contribution in [0.3, 0.4) is 0 Å². The Hall–Kier alpha value is -0.840. The number of nitrogens with one attached hydrogen (secondary N) is 1. The van der Waals surface area contributed by atoms with Crippen LogP contribution in [0.25, 0.3) is 0 Å². The van der Waals surface area contributed by atoms with Gasteiger partial charge in [-0.25, -0.2) is 4.98 Å². The Kier molecular flexibility index (Phi) is 4.20. The molecule has 0 radical (unpaired) electrons. The molecule has 94 valence electrons. The lowest BCUT2D eigenvalue weighted by molar-refractivity contribution is -0.136. The van der Waals surface area contributed by atoms with Gasteiger partial charge in [-0.3, -0.25) is 4.79 Å². The van der Waals surface area contributed by atoms with E-state index in [1.54, 1.807) is 0 Å². The summed E-state index contributed by atoms with van der Waals surface area (Å²) in [6.45, 7) is 0. The zero-order valence-corrected chi connectivity index (χ0v) is 11.3. The van der Waals surface area contributed by atoms with Gasteiger partial charge in [0, 0.05) is 11.6 Å². The van der Waals surface area contributed by atoms with Gasteiger partial charge in [0.1, 0.15) is 0 Å². The minimum atomic E-state index is -0.759. The molecule has 5 heteroatoms. The van der Waals surface area contributed by atoms with Gasteiger partial charge in [-0.2, -0.15) is 0 Å². The first-order valence-corrected chi connectivity index (χ1v) is 6.92. The zero-order valence-electron chi connectivity index (χ0n) is 9.71. The zero-order chi connectivity index (χ0) is 12.3. The maximum atomic E-state index is 10.6. The highest BCUT2D eigenvalue weighted by Gasteiger charge is 2.22. The van der Waals surface area contributed by atoms with Gasteiger partial charge in [-0.1, -0.05) is 19.3 Å². The molecule has 17 heavy (non-hydrogen) atoms. The summed E-state index contributed by atoms with van der Waals surface area (Å²) in [4.78, 5) is 18.2. The summed E-state index contributed by atoms with van der Waals surface area (Å²) in [5.74, 6) is -0.250. The first-order valence-electron chi connectivity index (χ1n) is 6.13. The van der Waals surface area contributed by atoms with E-state index in [0.717, 1.165) is 16.1 Å². The molecule has 0 aliphatic heterocycles. The predicted molar refractivity (Wildman–Crippen MR) is 68.1 cm³/mol. The van der Waals surface area contributed by atoms with Crippen molar-refractivity contribution in [2.24, 2.45) is 0 Å². The third-order valence-electron chi connectivity index (χ3n) is 3.36. The summed E-state index contributed by atoms with van der Waals surface area (Å²) in [6, 6.07) is 0. The lowest BCUT2D eigenvalue weighted by Crippen LogP contribution is -2.08. The van der Waals surface area contributed by atoms with Crippen molar-refractivity contribution >= 4 is 21.9 Å². The summed E-state index contributed by atoms with van der Waals surface area (Å²) >= 11 is 3.34. The first-order chi connectivity index (χ1) is 8.16. The van der Waals surface area contributed by atoms with Gasteiger partial charge < -0.3 is 10.1 Å². The van der Waals surface area contributed by atoms with E-state index in [1.807, 2.05) is 0 Å². The second-order valence-electron chi connectivity index (χ2n) is 4.62. The smallest absolute Gasteiger partial charge is 0.303 e. The van der Waals surface area contributed by atoms with Crippen molar-refractivity contribution in [3.63, 3.8) is 0 Å². The van der Waals surface area contributed by atoms with Crippen molar-refractivity contribution < 1.29 is 9.90 Å². The largest absolute Gasteiger partial charge is 0.481 e. The summed E-state index contributed by atoms with van der Waals surface area (Å²) in [5.41, 5.74) is 2.07. The second kappa shape index (κ2) is 5.67. The van der Waals surface area contributed by atoms with Crippen LogP contribution in [0.1, 0.15) is 55.8 Å². The number of halogens is 1. The van der Waals surface area contributed by atoms with Gasteiger partial charge in [-0.15, -0.1) is 0 Å². The molecule has 1 aliphatic rings. The molecule has 0 bridgehead atoms. The van der Waals surface area contributed by atoms with Crippen LogP contribution in [0.4, 0.5) is 0 Å². The molecule has 1 saturated carbocycles. The molecule has 1 fully saturated rings. The summed E-state index contributed by atoms with van der Waals surface area (Å²) in [7, 11) is 0. The number of H-pyrrole nitrogens is 1. The van der Waals surface area contributed by atoms with Crippen LogP contribution in [0.5, 0.6) is 0 Å². The monoisotopic (exact) mass is 300 g/mol. The van der Waals surface area contributed by atoms with E-state index < -0.39 is 5.97 Å². The molecule has 0 amide bonds. The average molecular weight is 301 g/mol. The molecule has 0 spiro atoms. The highest BCUT2D eigenvalue weighted by molar-refractivity contribution is 9.10. The Labute approximate surface area is 109 Å². The molecule has 0 aromatic carbocycles. The van der Waals surface area contributed by atoms with Gasteiger partial charge in [0.25, 0.3) is 0 Å². The van der Waals surface area contributed by atoms with Crippen LogP contribution in [0.15, 0.2) is 4.73 Å². The van der Waals surface area contributed by atoms with Crippen molar-refractivity contribution in [1.82, 2.24) is 9.97 Å². The number of aliphatic carboxylic acids is 1. The molecule has 1 aliphatic carbocycles. The number of hydrogen-bond acceptors (Lipinski definition) is 2. The maximum Gasteiger partial charge on any atom is 0.303 e. The van der Waals surface area contributed by atoms with E-state index in [-0.39, 0.29) is 6.42 Å². The Morgan fingerprint density at radius 1 is 1.41 bits per heavy atom. The molecule has 4 nitrogen and oxygen atoms in total. The highest BCUT2D eigenvalue weighted by atomic mass is 79.9. The molecule has 2 rings (SSSR count). The number of carboxylic acid groups (broad SMARTS) is 1. The lowest BCUT2D eigenvalue weighted by atomic mass is 9.86. The van der Waals surface area contributed by atoms with Crippen molar-refractivity contribution in [2.45, 2.75) is 50.9 Å². The molecule has 0 unspecified atom stereocenters. The Morgan fingerprint density at radius 2 is 2.12 bits per heavy atom. The van der Waals surface area contributed by atoms with Gasteiger partial charge >= 0.3 is 5.97 Å². The van der Waals surface area contributed by atoms with Crippen LogP contribution in [-0.2, 0) is 11.2 Å². The second-order valence-corrected chi connectivity index (χ2v) is 5.37. The fourth-order valence-corrected chi connectivity index (χ4v) is 2.96. The molecule has 2 N–H and O–H groups in total. The lowest BCUT2D eigenvalue weighted by Gasteiger charge is -2.20. The normalized spacial score (nSPS) is 17.2. The predicted octanol–water partition coefficient (Wildman–Crippen LogP) is 3.24. The maximum absolute atomic E-state index is 10.6. The Bertz CT molecular complexity index is 397. The fourth-order valence-electron chi connectivity index (χ4n) is 2.53. The number of carboxylic acids is 1. The number of imidazole rings is 1. The fraction of sp³-hybridized carbons (Fsp3) is 0.667. The number of nitrogens with zero attached hydrogens (tertiary/aromatic N) is 1. The van der Waals surface area contributed by atoms with Crippen LogP contribution in [0.2, 0.25) is 0 Å².